The minimum atomic E-state index is 0.674. The van der Waals surface area contributed by atoms with E-state index in [1.807, 2.05) is 18.2 Å². The van der Waals surface area contributed by atoms with Gasteiger partial charge >= 0.3 is 0 Å². The van der Waals surface area contributed by atoms with Gasteiger partial charge in [0.15, 0.2) is 5.58 Å². The second-order valence-corrected chi connectivity index (χ2v) is 3.15. The average Bonchev–Trinajstić information content (AvgIpc) is 2.45. The first kappa shape index (κ1) is 6.73. The van der Waals surface area contributed by atoms with E-state index in [1.54, 1.807) is 6.26 Å². The molecule has 3 heteroatoms. The van der Waals surface area contributed by atoms with Gasteiger partial charge in [-0.3, -0.25) is 0 Å². The number of benzene rings is 1. The average molecular weight is 212 g/mol. The van der Waals surface area contributed by atoms with E-state index >= 15 is 0 Å². The highest BCUT2D eigenvalue weighted by Gasteiger charge is 2.03. The van der Waals surface area contributed by atoms with Crippen LogP contribution >= 0.6 is 15.9 Å². The maximum Gasteiger partial charge on any atom is 0.157 e. The Morgan fingerprint density at radius 1 is 1.27 bits per heavy atom. The quantitative estimate of drug-likeness (QED) is 0.682. The van der Waals surface area contributed by atoms with Crippen LogP contribution < -0.4 is 5.73 Å². The predicted molar refractivity (Wildman–Crippen MR) is 48.3 cm³/mol. The summed E-state index contributed by atoms with van der Waals surface area (Å²) in [5.74, 6) is 0. The van der Waals surface area contributed by atoms with E-state index < -0.39 is 0 Å². The van der Waals surface area contributed by atoms with E-state index in [4.69, 9.17) is 10.2 Å². The second-order valence-electron chi connectivity index (χ2n) is 2.30. The Hall–Kier alpha value is -0.960. The summed E-state index contributed by atoms with van der Waals surface area (Å²) in [5.41, 5.74) is 7.08. The normalized spacial score (nSPS) is 10.6. The van der Waals surface area contributed by atoms with Gasteiger partial charge in [-0.25, -0.2) is 0 Å². The zero-order valence-electron chi connectivity index (χ0n) is 5.67. The number of furan rings is 1. The highest BCUT2D eigenvalue weighted by Crippen LogP contribution is 2.28. The third-order valence-electron chi connectivity index (χ3n) is 1.59. The van der Waals surface area contributed by atoms with E-state index in [2.05, 4.69) is 15.9 Å². The lowest BCUT2D eigenvalue weighted by molar-refractivity contribution is 0.617. The molecule has 2 N–H and O–H groups in total. The summed E-state index contributed by atoms with van der Waals surface area (Å²) in [4.78, 5) is 0. The van der Waals surface area contributed by atoms with Gasteiger partial charge in [0.2, 0.25) is 0 Å². The Bertz CT molecular complexity index is 358. The van der Waals surface area contributed by atoms with Gasteiger partial charge in [-0.15, -0.1) is 0 Å². The van der Waals surface area contributed by atoms with Gasteiger partial charge < -0.3 is 10.2 Å². The molecule has 0 unspecified atom stereocenters. The van der Waals surface area contributed by atoms with Crippen LogP contribution in [0.3, 0.4) is 0 Å². The van der Waals surface area contributed by atoms with Crippen LogP contribution in [0, 0.1) is 0 Å². The number of hydrogen-bond acceptors (Lipinski definition) is 2. The summed E-state index contributed by atoms with van der Waals surface area (Å²) in [5, 5.41) is 1.02. The standard InChI is InChI=1S/C8H6BrNO/c9-6-1-2-7(10)8-5(6)3-4-11-8/h1-4H,10H2. The van der Waals surface area contributed by atoms with Crippen molar-refractivity contribution in [3.8, 4) is 0 Å². The molecule has 1 aromatic carbocycles. The minimum Gasteiger partial charge on any atom is -0.462 e. The molecule has 1 aromatic heterocycles. The van der Waals surface area contributed by atoms with Crippen molar-refractivity contribution < 1.29 is 4.42 Å². The van der Waals surface area contributed by atoms with Gasteiger partial charge in [-0.2, -0.15) is 0 Å². The van der Waals surface area contributed by atoms with Crippen LogP contribution in [0.5, 0.6) is 0 Å². The number of nitrogen functional groups attached to an aromatic ring is 1. The lowest BCUT2D eigenvalue weighted by Crippen LogP contribution is -1.83. The van der Waals surface area contributed by atoms with E-state index in [0.29, 0.717) is 5.69 Å². The number of rotatable bonds is 0. The highest BCUT2D eigenvalue weighted by molar-refractivity contribution is 9.10. The topological polar surface area (TPSA) is 39.2 Å². The number of anilines is 1. The zero-order valence-corrected chi connectivity index (χ0v) is 7.26. The fourth-order valence-corrected chi connectivity index (χ4v) is 1.49. The molecule has 0 aliphatic heterocycles. The van der Waals surface area contributed by atoms with Gasteiger partial charge in [0.1, 0.15) is 0 Å². The smallest absolute Gasteiger partial charge is 0.157 e. The first-order valence-corrected chi connectivity index (χ1v) is 3.99. The van der Waals surface area contributed by atoms with Crippen LogP contribution in [0.25, 0.3) is 11.0 Å². The second kappa shape index (κ2) is 2.27. The molecule has 56 valence electrons. The molecule has 0 spiro atoms. The summed E-state index contributed by atoms with van der Waals surface area (Å²) < 4.78 is 6.18. The molecule has 11 heavy (non-hydrogen) atoms. The molecule has 0 radical (unpaired) electrons. The summed E-state index contributed by atoms with van der Waals surface area (Å²) in [6, 6.07) is 5.61. The van der Waals surface area contributed by atoms with E-state index in [1.165, 1.54) is 0 Å². The zero-order chi connectivity index (χ0) is 7.84. The molecule has 1 heterocycles. The van der Waals surface area contributed by atoms with Crippen LogP contribution in [0.4, 0.5) is 5.69 Å². The van der Waals surface area contributed by atoms with Crippen molar-refractivity contribution in [1.82, 2.24) is 0 Å². The molecule has 2 nitrogen and oxygen atoms in total. The highest BCUT2D eigenvalue weighted by atomic mass is 79.9. The first-order chi connectivity index (χ1) is 5.29. The summed E-state index contributed by atoms with van der Waals surface area (Å²) in [7, 11) is 0. The third-order valence-corrected chi connectivity index (χ3v) is 2.29. The van der Waals surface area contributed by atoms with Crippen molar-refractivity contribution in [3.05, 3.63) is 28.9 Å². The summed E-state index contributed by atoms with van der Waals surface area (Å²) in [6.45, 7) is 0. The Kier molecular flexibility index (Phi) is 1.39. The minimum absolute atomic E-state index is 0.674. The molecular formula is C8H6BrNO. The molecule has 0 saturated carbocycles. The van der Waals surface area contributed by atoms with Crippen molar-refractivity contribution in [2.45, 2.75) is 0 Å². The maximum absolute atomic E-state index is 5.65. The van der Waals surface area contributed by atoms with Gasteiger partial charge in [-0.05, 0) is 18.2 Å². The molecule has 0 aliphatic rings. The van der Waals surface area contributed by atoms with E-state index in [-0.39, 0.29) is 0 Å². The molecule has 0 amide bonds. The Labute approximate surface area is 72.1 Å². The van der Waals surface area contributed by atoms with E-state index in [0.717, 1.165) is 15.4 Å². The SMILES string of the molecule is Nc1ccc(Br)c2ccoc12. The number of halogens is 1. The van der Waals surface area contributed by atoms with Gasteiger partial charge in [0.05, 0.1) is 12.0 Å². The fourth-order valence-electron chi connectivity index (χ4n) is 1.05. The molecular weight excluding hydrogens is 206 g/mol. The molecule has 0 bridgehead atoms. The Balaban J connectivity index is 2.96. The van der Waals surface area contributed by atoms with Crippen LogP contribution in [0.1, 0.15) is 0 Å². The first-order valence-electron chi connectivity index (χ1n) is 3.20. The monoisotopic (exact) mass is 211 g/mol. The summed E-state index contributed by atoms with van der Waals surface area (Å²) in [6.07, 6.45) is 1.63. The predicted octanol–water partition coefficient (Wildman–Crippen LogP) is 2.78. The van der Waals surface area contributed by atoms with Crippen LogP contribution in [-0.2, 0) is 0 Å². The van der Waals surface area contributed by atoms with Crippen molar-refractivity contribution in [1.29, 1.82) is 0 Å². The lowest BCUT2D eigenvalue weighted by atomic mass is 10.2. The number of hydrogen-bond donors (Lipinski definition) is 1. The molecule has 0 saturated heterocycles. The lowest BCUT2D eigenvalue weighted by Gasteiger charge is -1.95. The Morgan fingerprint density at radius 3 is 2.82 bits per heavy atom. The molecule has 0 aliphatic carbocycles. The fraction of sp³-hybridized carbons (Fsp3) is 0. The largest absolute Gasteiger partial charge is 0.462 e. The van der Waals surface area contributed by atoms with Crippen molar-refractivity contribution in [3.63, 3.8) is 0 Å². The van der Waals surface area contributed by atoms with Crippen molar-refractivity contribution in [2.24, 2.45) is 0 Å². The van der Waals surface area contributed by atoms with Gasteiger partial charge in [0.25, 0.3) is 0 Å². The molecule has 0 fully saturated rings. The maximum atomic E-state index is 5.65. The van der Waals surface area contributed by atoms with E-state index in [9.17, 15) is 0 Å². The van der Waals surface area contributed by atoms with Crippen molar-refractivity contribution in [2.75, 3.05) is 5.73 Å². The Morgan fingerprint density at radius 2 is 2.09 bits per heavy atom. The van der Waals surface area contributed by atoms with Crippen LogP contribution in [0.2, 0.25) is 0 Å². The number of fused-ring (bicyclic) bond motifs is 1. The van der Waals surface area contributed by atoms with Crippen LogP contribution in [0.15, 0.2) is 33.4 Å². The van der Waals surface area contributed by atoms with Crippen LogP contribution in [-0.4, -0.2) is 0 Å². The summed E-state index contributed by atoms with van der Waals surface area (Å²) >= 11 is 3.39. The molecule has 2 rings (SSSR count). The molecule has 2 aromatic rings. The third kappa shape index (κ3) is 0.922. The molecule has 0 atom stereocenters. The number of nitrogens with two attached hydrogens (primary N) is 1. The van der Waals surface area contributed by atoms with Gasteiger partial charge in [-0.1, -0.05) is 15.9 Å². The van der Waals surface area contributed by atoms with Gasteiger partial charge in [0, 0.05) is 9.86 Å². The van der Waals surface area contributed by atoms with Crippen molar-refractivity contribution >= 4 is 32.6 Å².